The van der Waals surface area contributed by atoms with E-state index in [0.29, 0.717) is 18.4 Å². The van der Waals surface area contributed by atoms with Crippen molar-refractivity contribution < 1.29 is 9.26 Å². The minimum Gasteiger partial charge on any atom is -0.381 e. The van der Waals surface area contributed by atoms with Gasteiger partial charge in [-0.3, -0.25) is 4.68 Å². The molecule has 2 aromatic rings. The van der Waals surface area contributed by atoms with Crippen LogP contribution < -0.4 is 0 Å². The molecule has 3 heterocycles. The van der Waals surface area contributed by atoms with E-state index in [-0.39, 0.29) is 0 Å². The standard InChI is InChI=1S/C14H20N4O2/c1-9-12(10(2)18(3)16-9)4-5-13-15-14(17-20-13)11-6-7-19-8-11/h11H,4-8H2,1-3H3/t11-/m0/s1. The molecule has 0 aromatic carbocycles. The van der Waals surface area contributed by atoms with Crippen molar-refractivity contribution in [1.82, 2.24) is 19.9 Å². The van der Waals surface area contributed by atoms with Crippen molar-refractivity contribution in [1.29, 1.82) is 0 Å². The minimum absolute atomic E-state index is 0.300. The molecule has 1 saturated heterocycles. The van der Waals surface area contributed by atoms with Crippen LogP contribution in [0, 0.1) is 13.8 Å². The highest BCUT2D eigenvalue weighted by molar-refractivity contribution is 5.24. The molecule has 6 heteroatoms. The zero-order valence-electron chi connectivity index (χ0n) is 12.2. The second-order valence-corrected chi connectivity index (χ2v) is 5.38. The SMILES string of the molecule is Cc1nn(C)c(C)c1CCc1nc([C@H]2CCOC2)no1. The summed E-state index contributed by atoms with van der Waals surface area (Å²) in [6.07, 6.45) is 2.63. The van der Waals surface area contributed by atoms with Crippen molar-refractivity contribution >= 4 is 0 Å². The van der Waals surface area contributed by atoms with Crippen LogP contribution in [0.5, 0.6) is 0 Å². The molecule has 6 nitrogen and oxygen atoms in total. The Labute approximate surface area is 118 Å². The monoisotopic (exact) mass is 276 g/mol. The van der Waals surface area contributed by atoms with Crippen molar-refractivity contribution in [3.8, 4) is 0 Å². The van der Waals surface area contributed by atoms with Gasteiger partial charge in [0.15, 0.2) is 5.82 Å². The normalized spacial score (nSPS) is 18.9. The van der Waals surface area contributed by atoms with Gasteiger partial charge in [-0.25, -0.2) is 0 Å². The molecule has 0 unspecified atom stereocenters. The first kappa shape index (κ1) is 13.3. The Balaban J connectivity index is 1.66. The number of nitrogens with zero attached hydrogens (tertiary/aromatic N) is 4. The Bertz CT molecular complexity index is 596. The third kappa shape index (κ3) is 2.47. The molecule has 0 amide bonds. The lowest BCUT2D eigenvalue weighted by Gasteiger charge is -1.99. The van der Waals surface area contributed by atoms with Gasteiger partial charge in [-0.2, -0.15) is 10.1 Å². The maximum absolute atomic E-state index is 5.35. The summed E-state index contributed by atoms with van der Waals surface area (Å²) in [5.41, 5.74) is 3.55. The van der Waals surface area contributed by atoms with Gasteiger partial charge in [0.1, 0.15) is 0 Å². The smallest absolute Gasteiger partial charge is 0.226 e. The van der Waals surface area contributed by atoms with Crippen molar-refractivity contribution in [3.63, 3.8) is 0 Å². The third-order valence-corrected chi connectivity index (χ3v) is 4.03. The molecular weight excluding hydrogens is 256 g/mol. The van der Waals surface area contributed by atoms with Crippen molar-refractivity contribution in [2.45, 2.75) is 39.0 Å². The molecule has 3 rings (SSSR count). The van der Waals surface area contributed by atoms with Crippen LogP contribution in [0.25, 0.3) is 0 Å². The average molecular weight is 276 g/mol. The highest BCUT2D eigenvalue weighted by atomic mass is 16.5. The second-order valence-electron chi connectivity index (χ2n) is 5.38. The zero-order chi connectivity index (χ0) is 14.1. The van der Waals surface area contributed by atoms with Gasteiger partial charge < -0.3 is 9.26 Å². The summed E-state index contributed by atoms with van der Waals surface area (Å²) in [6.45, 7) is 5.63. The van der Waals surface area contributed by atoms with Crippen LogP contribution in [0.2, 0.25) is 0 Å². The fourth-order valence-corrected chi connectivity index (χ4v) is 2.68. The lowest BCUT2D eigenvalue weighted by molar-refractivity contribution is 0.192. The Morgan fingerprint density at radius 1 is 1.30 bits per heavy atom. The molecule has 0 N–H and O–H groups in total. The summed E-state index contributed by atoms with van der Waals surface area (Å²) in [5, 5.41) is 8.50. The molecule has 0 bridgehead atoms. The number of hydrogen-bond donors (Lipinski definition) is 0. The van der Waals surface area contributed by atoms with E-state index in [1.807, 2.05) is 18.7 Å². The predicted octanol–water partition coefficient (Wildman–Crippen LogP) is 1.71. The number of hydrogen-bond acceptors (Lipinski definition) is 5. The highest BCUT2D eigenvalue weighted by Crippen LogP contribution is 2.23. The molecule has 1 aliphatic rings. The molecule has 0 radical (unpaired) electrons. The Morgan fingerprint density at radius 3 is 2.80 bits per heavy atom. The van der Waals surface area contributed by atoms with Crippen LogP contribution in [0.3, 0.4) is 0 Å². The lowest BCUT2D eigenvalue weighted by atomic mass is 10.1. The minimum atomic E-state index is 0.300. The van der Waals surface area contributed by atoms with E-state index in [0.717, 1.165) is 37.4 Å². The molecule has 0 saturated carbocycles. The Morgan fingerprint density at radius 2 is 2.15 bits per heavy atom. The van der Waals surface area contributed by atoms with Gasteiger partial charge in [0.2, 0.25) is 5.89 Å². The number of aryl methyl sites for hydroxylation is 3. The van der Waals surface area contributed by atoms with Gasteiger partial charge >= 0.3 is 0 Å². The number of rotatable bonds is 4. The van der Waals surface area contributed by atoms with Gasteiger partial charge in [-0.05, 0) is 32.3 Å². The van der Waals surface area contributed by atoms with Gasteiger partial charge in [0, 0.05) is 31.7 Å². The van der Waals surface area contributed by atoms with Crippen LogP contribution in [0.15, 0.2) is 4.52 Å². The quantitative estimate of drug-likeness (QED) is 0.850. The fraction of sp³-hybridized carbons (Fsp3) is 0.643. The molecule has 1 aliphatic heterocycles. The van der Waals surface area contributed by atoms with E-state index >= 15 is 0 Å². The highest BCUT2D eigenvalue weighted by Gasteiger charge is 2.23. The fourth-order valence-electron chi connectivity index (χ4n) is 2.68. The van der Waals surface area contributed by atoms with Crippen molar-refractivity contribution in [2.24, 2.45) is 7.05 Å². The van der Waals surface area contributed by atoms with Crippen LogP contribution in [-0.4, -0.2) is 33.1 Å². The van der Waals surface area contributed by atoms with E-state index < -0.39 is 0 Å². The third-order valence-electron chi connectivity index (χ3n) is 4.03. The van der Waals surface area contributed by atoms with Gasteiger partial charge in [-0.15, -0.1) is 0 Å². The Hall–Kier alpha value is -1.69. The summed E-state index contributed by atoms with van der Waals surface area (Å²) < 4.78 is 12.6. The van der Waals surface area contributed by atoms with Crippen LogP contribution >= 0.6 is 0 Å². The van der Waals surface area contributed by atoms with Crippen LogP contribution in [0.1, 0.15) is 41.0 Å². The van der Waals surface area contributed by atoms with Gasteiger partial charge in [0.05, 0.1) is 12.3 Å². The second kappa shape index (κ2) is 5.36. The summed E-state index contributed by atoms with van der Waals surface area (Å²) >= 11 is 0. The van der Waals surface area contributed by atoms with E-state index in [1.54, 1.807) is 0 Å². The number of ether oxygens (including phenoxy) is 1. The van der Waals surface area contributed by atoms with Crippen molar-refractivity contribution in [3.05, 3.63) is 28.7 Å². The van der Waals surface area contributed by atoms with E-state index in [4.69, 9.17) is 9.26 Å². The maximum Gasteiger partial charge on any atom is 0.226 e. The maximum atomic E-state index is 5.35. The molecule has 2 aromatic heterocycles. The molecular formula is C14H20N4O2. The van der Waals surface area contributed by atoms with E-state index in [2.05, 4.69) is 22.2 Å². The first-order valence-electron chi connectivity index (χ1n) is 7.04. The van der Waals surface area contributed by atoms with E-state index in [9.17, 15) is 0 Å². The largest absolute Gasteiger partial charge is 0.381 e. The topological polar surface area (TPSA) is 66.0 Å². The molecule has 1 atom stereocenters. The van der Waals surface area contributed by atoms with Crippen molar-refractivity contribution in [2.75, 3.05) is 13.2 Å². The van der Waals surface area contributed by atoms with Crippen LogP contribution in [-0.2, 0) is 24.6 Å². The number of aromatic nitrogens is 4. The summed E-state index contributed by atoms with van der Waals surface area (Å²) in [6, 6.07) is 0. The average Bonchev–Trinajstić information content (AvgIpc) is 3.12. The first-order valence-corrected chi connectivity index (χ1v) is 7.04. The molecule has 0 aliphatic carbocycles. The summed E-state index contributed by atoms with van der Waals surface area (Å²) in [7, 11) is 1.97. The van der Waals surface area contributed by atoms with Crippen LogP contribution in [0.4, 0.5) is 0 Å². The predicted molar refractivity (Wildman–Crippen MR) is 72.6 cm³/mol. The molecule has 1 fully saturated rings. The van der Waals surface area contributed by atoms with E-state index in [1.165, 1.54) is 11.3 Å². The van der Waals surface area contributed by atoms with Gasteiger partial charge in [0.25, 0.3) is 0 Å². The zero-order valence-corrected chi connectivity index (χ0v) is 12.2. The summed E-state index contributed by atoms with van der Waals surface area (Å²) in [4.78, 5) is 4.49. The molecule has 0 spiro atoms. The van der Waals surface area contributed by atoms with Gasteiger partial charge in [-0.1, -0.05) is 5.16 Å². The first-order chi connectivity index (χ1) is 9.65. The Kier molecular flexibility index (Phi) is 3.56. The molecule has 108 valence electrons. The summed E-state index contributed by atoms with van der Waals surface area (Å²) in [5.74, 6) is 1.79. The molecule has 20 heavy (non-hydrogen) atoms. The lowest BCUT2D eigenvalue weighted by Crippen LogP contribution is -2.00.